The Hall–Kier alpha value is -0.730. The van der Waals surface area contributed by atoms with E-state index >= 15 is 0 Å². The van der Waals surface area contributed by atoms with Crippen molar-refractivity contribution >= 4 is 12.4 Å². The van der Waals surface area contributed by atoms with Crippen LogP contribution >= 0.6 is 12.4 Å². The third kappa shape index (κ3) is 2.86. The molecular weight excluding hydrogens is 210 g/mol. The van der Waals surface area contributed by atoms with Crippen molar-refractivity contribution in [2.75, 3.05) is 27.2 Å². The molecule has 1 unspecified atom stereocenters. The highest BCUT2D eigenvalue weighted by atomic mass is 35.5. The summed E-state index contributed by atoms with van der Waals surface area (Å²) in [6, 6.07) is 8.38. The van der Waals surface area contributed by atoms with Gasteiger partial charge in [0.25, 0.3) is 0 Å². The predicted octanol–water partition coefficient (Wildman–Crippen LogP) is 2.54. The Labute approximate surface area is 97.6 Å². The molecule has 2 nitrogen and oxygen atoms in total. The van der Waals surface area contributed by atoms with Gasteiger partial charge in [-0.3, -0.25) is 0 Å². The smallest absolute Gasteiger partial charge is 0.122 e. The molecule has 0 bridgehead atoms. The molecule has 1 heterocycles. The summed E-state index contributed by atoms with van der Waals surface area (Å²) in [5.74, 6) is 1.71. The minimum absolute atomic E-state index is 0. The van der Waals surface area contributed by atoms with Crippen molar-refractivity contribution < 1.29 is 4.74 Å². The van der Waals surface area contributed by atoms with Crippen LogP contribution in [0.4, 0.5) is 0 Å². The Morgan fingerprint density at radius 2 is 2.07 bits per heavy atom. The third-order valence-corrected chi connectivity index (χ3v) is 2.67. The zero-order valence-electron chi connectivity index (χ0n) is 9.27. The number of likely N-dealkylation sites (N-methyl/N-ethyl adjacent to an activating group) is 1. The summed E-state index contributed by atoms with van der Waals surface area (Å²) < 4.78 is 5.62. The van der Waals surface area contributed by atoms with Crippen LogP contribution in [0.2, 0.25) is 0 Å². The molecule has 1 aromatic carbocycles. The number of ether oxygens (including phenoxy) is 1. The molecule has 1 atom stereocenters. The fourth-order valence-corrected chi connectivity index (χ4v) is 2.05. The van der Waals surface area contributed by atoms with E-state index in [4.69, 9.17) is 4.74 Å². The van der Waals surface area contributed by atoms with Crippen LogP contribution in [0.15, 0.2) is 24.3 Å². The van der Waals surface area contributed by atoms with E-state index in [-0.39, 0.29) is 12.4 Å². The van der Waals surface area contributed by atoms with Crippen LogP contribution in [0.5, 0.6) is 5.75 Å². The SMILES string of the molecule is CN(C)CC1CCOc2ccccc21.Cl. The van der Waals surface area contributed by atoms with Gasteiger partial charge in [-0.05, 0) is 32.1 Å². The van der Waals surface area contributed by atoms with Crippen LogP contribution in [-0.2, 0) is 0 Å². The Morgan fingerprint density at radius 1 is 1.33 bits per heavy atom. The fraction of sp³-hybridized carbons (Fsp3) is 0.500. The van der Waals surface area contributed by atoms with E-state index in [1.165, 1.54) is 5.56 Å². The Balaban J connectivity index is 0.00000112. The van der Waals surface area contributed by atoms with Gasteiger partial charge in [-0.2, -0.15) is 0 Å². The monoisotopic (exact) mass is 227 g/mol. The van der Waals surface area contributed by atoms with Crippen LogP contribution in [0.25, 0.3) is 0 Å². The predicted molar refractivity (Wildman–Crippen MR) is 65.1 cm³/mol. The summed E-state index contributed by atoms with van der Waals surface area (Å²) in [6.07, 6.45) is 1.13. The number of nitrogens with zero attached hydrogens (tertiary/aromatic N) is 1. The van der Waals surface area contributed by atoms with Gasteiger partial charge in [0.05, 0.1) is 6.61 Å². The number of hydrogen-bond acceptors (Lipinski definition) is 2. The van der Waals surface area contributed by atoms with Crippen LogP contribution < -0.4 is 4.74 Å². The molecule has 0 spiro atoms. The first-order valence-electron chi connectivity index (χ1n) is 5.14. The molecule has 15 heavy (non-hydrogen) atoms. The average molecular weight is 228 g/mol. The summed E-state index contributed by atoms with van der Waals surface area (Å²) in [4.78, 5) is 2.24. The molecule has 2 rings (SSSR count). The van der Waals surface area contributed by atoms with Crippen molar-refractivity contribution in [2.24, 2.45) is 0 Å². The highest BCUT2D eigenvalue weighted by Crippen LogP contribution is 2.33. The van der Waals surface area contributed by atoms with Gasteiger partial charge in [-0.15, -0.1) is 12.4 Å². The van der Waals surface area contributed by atoms with Crippen LogP contribution in [-0.4, -0.2) is 32.1 Å². The Kier molecular flexibility index (Phi) is 4.43. The number of benzene rings is 1. The van der Waals surface area contributed by atoms with E-state index in [0.29, 0.717) is 5.92 Å². The van der Waals surface area contributed by atoms with E-state index < -0.39 is 0 Å². The summed E-state index contributed by atoms with van der Waals surface area (Å²) in [5.41, 5.74) is 1.37. The van der Waals surface area contributed by atoms with Crippen molar-refractivity contribution in [2.45, 2.75) is 12.3 Å². The minimum atomic E-state index is 0. The van der Waals surface area contributed by atoms with E-state index in [0.717, 1.165) is 25.3 Å². The normalized spacial score (nSPS) is 19.0. The summed E-state index contributed by atoms with van der Waals surface area (Å²) in [5, 5.41) is 0. The quantitative estimate of drug-likeness (QED) is 0.770. The topological polar surface area (TPSA) is 12.5 Å². The highest BCUT2D eigenvalue weighted by molar-refractivity contribution is 5.85. The van der Waals surface area contributed by atoms with Gasteiger partial charge >= 0.3 is 0 Å². The van der Waals surface area contributed by atoms with Crippen molar-refractivity contribution in [3.63, 3.8) is 0 Å². The lowest BCUT2D eigenvalue weighted by atomic mass is 9.93. The fourth-order valence-electron chi connectivity index (χ4n) is 2.05. The van der Waals surface area contributed by atoms with Gasteiger partial charge in [0, 0.05) is 12.5 Å². The van der Waals surface area contributed by atoms with E-state index in [1.807, 2.05) is 6.07 Å². The molecule has 0 N–H and O–H groups in total. The first kappa shape index (κ1) is 12.3. The molecule has 3 heteroatoms. The number of hydrogen-bond donors (Lipinski definition) is 0. The van der Waals surface area contributed by atoms with Crippen molar-refractivity contribution in [1.82, 2.24) is 4.90 Å². The first-order valence-corrected chi connectivity index (χ1v) is 5.14. The molecule has 0 aliphatic carbocycles. The van der Waals surface area contributed by atoms with E-state index in [9.17, 15) is 0 Å². The van der Waals surface area contributed by atoms with Crippen LogP contribution in [0.3, 0.4) is 0 Å². The maximum atomic E-state index is 5.62. The lowest BCUT2D eigenvalue weighted by Gasteiger charge is -2.27. The molecule has 0 saturated carbocycles. The molecule has 84 valence electrons. The number of para-hydroxylation sites is 1. The lowest BCUT2D eigenvalue weighted by molar-refractivity contribution is 0.244. The van der Waals surface area contributed by atoms with E-state index in [2.05, 4.69) is 37.2 Å². The molecule has 1 aliphatic rings. The molecule has 0 amide bonds. The minimum Gasteiger partial charge on any atom is -0.493 e. The zero-order chi connectivity index (χ0) is 9.97. The van der Waals surface area contributed by atoms with E-state index in [1.54, 1.807) is 0 Å². The van der Waals surface area contributed by atoms with Crippen molar-refractivity contribution in [3.05, 3.63) is 29.8 Å². The van der Waals surface area contributed by atoms with Gasteiger partial charge in [0.1, 0.15) is 5.75 Å². The zero-order valence-corrected chi connectivity index (χ0v) is 10.1. The largest absolute Gasteiger partial charge is 0.493 e. The second-order valence-electron chi connectivity index (χ2n) is 4.13. The highest BCUT2D eigenvalue weighted by Gasteiger charge is 2.20. The second-order valence-corrected chi connectivity index (χ2v) is 4.13. The molecule has 1 aliphatic heterocycles. The van der Waals surface area contributed by atoms with Crippen LogP contribution in [0, 0.1) is 0 Å². The maximum absolute atomic E-state index is 5.62. The standard InChI is InChI=1S/C12H17NO.ClH/c1-13(2)9-10-7-8-14-12-6-4-3-5-11(10)12;/h3-6,10H,7-9H2,1-2H3;1H. The number of rotatable bonds is 2. The molecular formula is C12H18ClNO. The van der Waals surface area contributed by atoms with Gasteiger partial charge in [-0.1, -0.05) is 18.2 Å². The van der Waals surface area contributed by atoms with Gasteiger partial charge in [0.15, 0.2) is 0 Å². The average Bonchev–Trinajstić information content (AvgIpc) is 2.18. The number of fused-ring (bicyclic) bond motifs is 1. The Bertz CT molecular complexity index is 314. The third-order valence-electron chi connectivity index (χ3n) is 2.67. The molecule has 0 aromatic heterocycles. The van der Waals surface area contributed by atoms with Gasteiger partial charge in [-0.25, -0.2) is 0 Å². The van der Waals surface area contributed by atoms with Gasteiger partial charge in [0.2, 0.25) is 0 Å². The number of halogens is 1. The maximum Gasteiger partial charge on any atom is 0.122 e. The summed E-state index contributed by atoms with van der Waals surface area (Å²) in [7, 11) is 4.25. The van der Waals surface area contributed by atoms with Crippen LogP contribution in [0.1, 0.15) is 17.9 Å². The Morgan fingerprint density at radius 3 is 2.80 bits per heavy atom. The summed E-state index contributed by atoms with van der Waals surface area (Å²) in [6.45, 7) is 1.97. The van der Waals surface area contributed by atoms with Crippen molar-refractivity contribution in [3.8, 4) is 5.75 Å². The molecule has 0 saturated heterocycles. The lowest BCUT2D eigenvalue weighted by Crippen LogP contribution is -2.25. The first-order chi connectivity index (χ1) is 6.77. The van der Waals surface area contributed by atoms with Crippen molar-refractivity contribution in [1.29, 1.82) is 0 Å². The van der Waals surface area contributed by atoms with Gasteiger partial charge < -0.3 is 9.64 Å². The summed E-state index contributed by atoms with van der Waals surface area (Å²) >= 11 is 0. The molecule has 1 aromatic rings. The molecule has 0 radical (unpaired) electrons. The second kappa shape index (κ2) is 5.38. The molecule has 0 fully saturated rings.